The van der Waals surface area contributed by atoms with Crippen molar-refractivity contribution in [3.63, 3.8) is 0 Å². The number of hydrogen-bond acceptors (Lipinski definition) is 3. The monoisotopic (exact) mass is 215 g/mol. The number of rotatable bonds is 3. The molecular weight excluding hydrogens is 212 g/mol. The van der Waals surface area contributed by atoms with E-state index in [9.17, 15) is 4.79 Å². The second kappa shape index (κ2) is 5.48. The molecule has 3 nitrogen and oxygen atoms in total. The average molecular weight is 216 g/mol. The number of carbonyl (C=O) groups is 1. The Morgan fingerprint density at radius 3 is 2.55 bits per heavy atom. The molecule has 0 aliphatic carbocycles. The molecule has 11 heavy (non-hydrogen) atoms. The zero-order chi connectivity index (χ0) is 8.85. The first-order valence-corrected chi connectivity index (χ1v) is 3.79. The van der Waals surface area contributed by atoms with Gasteiger partial charge in [-0.05, 0) is 0 Å². The summed E-state index contributed by atoms with van der Waals surface area (Å²) in [6.45, 7) is 0. The van der Waals surface area contributed by atoms with Crippen LogP contribution in [0, 0.1) is 11.3 Å². The van der Waals surface area contributed by atoms with Crippen LogP contribution in [0.3, 0.4) is 0 Å². The number of halogens is 3. The van der Waals surface area contributed by atoms with Crippen LogP contribution in [0.5, 0.6) is 0 Å². The lowest BCUT2D eigenvalue weighted by Gasteiger charge is -2.07. The normalized spacial score (nSPS) is 14.7. The van der Waals surface area contributed by atoms with Gasteiger partial charge in [-0.15, -0.1) is 23.2 Å². The summed E-state index contributed by atoms with van der Waals surface area (Å²) >= 11 is 15.6. The molecule has 0 radical (unpaired) electrons. The first-order valence-electron chi connectivity index (χ1n) is 2.61. The molecule has 0 saturated carbocycles. The van der Waals surface area contributed by atoms with Gasteiger partial charge in [-0.2, -0.15) is 5.26 Å². The molecule has 0 aromatic carbocycles. The van der Waals surface area contributed by atoms with E-state index in [1.165, 1.54) is 0 Å². The van der Waals surface area contributed by atoms with Gasteiger partial charge >= 0.3 is 5.97 Å². The van der Waals surface area contributed by atoms with E-state index >= 15 is 0 Å². The van der Waals surface area contributed by atoms with Crippen molar-refractivity contribution in [2.75, 3.05) is 0 Å². The SMILES string of the molecule is N#CCC(Cl)C(Cl)C(=O)OCl. The average Bonchev–Trinajstić information content (AvgIpc) is 2.02. The Balaban J connectivity index is 3.92. The van der Waals surface area contributed by atoms with Crippen LogP contribution in [0.1, 0.15) is 6.42 Å². The molecule has 0 rings (SSSR count). The number of carbonyl (C=O) groups excluding carboxylic acids is 1. The van der Waals surface area contributed by atoms with Crippen LogP contribution in [-0.2, 0) is 9.08 Å². The molecule has 0 aliphatic rings. The van der Waals surface area contributed by atoms with Gasteiger partial charge in [0.1, 0.15) is 17.2 Å². The largest absolute Gasteiger partial charge is 0.346 e. The number of alkyl halides is 2. The summed E-state index contributed by atoms with van der Waals surface area (Å²) in [5.74, 6) is -0.844. The maximum absolute atomic E-state index is 10.5. The summed E-state index contributed by atoms with van der Waals surface area (Å²) < 4.78 is 3.79. The third-order valence-corrected chi connectivity index (χ3v) is 2.07. The van der Waals surface area contributed by atoms with Crippen molar-refractivity contribution in [2.24, 2.45) is 0 Å². The smallest absolute Gasteiger partial charge is 0.343 e. The minimum atomic E-state index is -1.08. The molecule has 2 unspecified atom stereocenters. The van der Waals surface area contributed by atoms with Crippen LogP contribution in [0.15, 0.2) is 0 Å². The van der Waals surface area contributed by atoms with Crippen molar-refractivity contribution in [1.82, 2.24) is 0 Å². The van der Waals surface area contributed by atoms with Crippen molar-refractivity contribution >= 4 is 41.0 Å². The Morgan fingerprint density at radius 2 is 2.18 bits per heavy atom. The zero-order valence-corrected chi connectivity index (χ0v) is 7.53. The fourth-order valence-electron chi connectivity index (χ4n) is 0.381. The molecule has 0 saturated heterocycles. The highest BCUT2D eigenvalue weighted by atomic mass is 35.5. The minimum absolute atomic E-state index is 0.0261. The van der Waals surface area contributed by atoms with Gasteiger partial charge < -0.3 is 4.29 Å². The van der Waals surface area contributed by atoms with E-state index in [1.807, 2.05) is 0 Å². The maximum atomic E-state index is 10.5. The Morgan fingerprint density at radius 1 is 1.64 bits per heavy atom. The molecule has 6 heteroatoms. The molecule has 2 atom stereocenters. The lowest BCUT2D eigenvalue weighted by atomic mass is 10.2. The van der Waals surface area contributed by atoms with Crippen LogP contribution in [0.4, 0.5) is 0 Å². The summed E-state index contributed by atoms with van der Waals surface area (Å²) in [4.78, 5) is 10.5. The van der Waals surface area contributed by atoms with Crippen LogP contribution >= 0.6 is 35.1 Å². The van der Waals surface area contributed by atoms with Crippen molar-refractivity contribution in [1.29, 1.82) is 5.26 Å². The Kier molecular flexibility index (Phi) is 5.39. The van der Waals surface area contributed by atoms with E-state index in [4.69, 9.17) is 40.3 Å². The van der Waals surface area contributed by atoms with Gasteiger partial charge in [0.25, 0.3) is 0 Å². The van der Waals surface area contributed by atoms with Crippen molar-refractivity contribution in [2.45, 2.75) is 17.2 Å². The molecule has 0 amide bonds. The van der Waals surface area contributed by atoms with Crippen molar-refractivity contribution in [3.8, 4) is 6.07 Å². The molecule has 0 N–H and O–H groups in total. The quantitative estimate of drug-likeness (QED) is 0.676. The van der Waals surface area contributed by atoms with Crippen LogP contribution in [0.2, 0.25) is 0 Å². The van der Waals surface area contributed by atoms with Gasteiger partial charge in [0.05, 0.1) is 17.9 Å². The second-order valence-corrected chi connectivity index (χ2v) is 2.86. The van der Waals surface area contributed by atoms with Gasteiger partial charge in [0.2, 0.25) is 0 Å². The molecule has 0 spiro atoms. The third-order valence-electron chi connectivity index (χ3n) is 0.905. The fourth-order valence-corrected chi connectivity index (χ4v) is 0.828. The number of hydrogen-bond donors (Lipinski definition) is 0. The Labute approximate surface area is 78.9 Å². The standard InChI is InChI=1S/C5H4Cl3NO2/c6-3(1-2-9)4(7)5(10)11-8/h3-4H,1H2. The van der Waals surface area contributed by atoms with Crippen LogP contribution in [0.25, 0.3) is 0 Å². The van der Waals surface area contributed by atoms with Crippen LogP contribution in [-0.4, -0.2) is 16.7 Å². The van der Waals surface area contributed by atoms with Gasteiger partial charge in [-0.3, -0.25) is 0 Å². The minimum Gasteiger partial charge on any atom is -0.346 e. The predicted octanol–water partition coefficient (Wildman–Crippen LogP) is 1.81. The number of nitrogens with zero attached hydrogens (tertiary/aromatic N) is 1. The summed E-state index contributed by atoms with van der Waals surface area (Å²) in [5.41, 5.74) is 0. The molecule has 62 valence electrons. The van der Waals surface area contributed by atoms with Crippen molar-refractivity contribution in [3.05, 3.63) is 0 Å². The lowest BCUT2D eigenvalue weighted by Crippen LogP contribution is -2.24. The third kappa shape index (κ3) is 3.66. The Hall–Kier alpha value is -0.170. The van der Waals surface area contributed by atoms with E-state index in [1.54, 1.807) is 6.07 Å². The molecule has 0 bridgehead atoms. The predicted molar refractivity (Wildman–Crippen MR) is 41.5 cm³/mol. The molecule has 0 aliphatic heterocycles. The lowest BCUT2D eigenvalue weighted by molar-refractivity contribution is -0.133. The molecular formula is C5H4Cl3NO2. The fraction of sp³-hybridized carbons (Fsp3) is 0.600. The van der Waals surface area contributed by atoms with Crippen LogP contribution < -0.4 is 0 Å². The van der Waals surface area contributed by atoms with Gasteiger partial charge in [-0.1, -0.05) is 0 Å². The van der Waals surface area contributed by atoms with E-state index in [-0.39, 0.29) is 6.42 Å². The van der Waals surface area contributed by atoms with E-state index in [0.29, 0.717) is 0 Å². The van der Waals surface area contributed by atoms with Gasteiger partial charge in [0, 0.05) is 0 Å². The summed E-state index contributed by atoms with van der Waals surface area (Å²) in [7, 11) is 0. The van der Waals surface area contributed by atoms with E-state index in [2.05, 4.69) is 4.29 Å². The second-order valence-electron chi connectivity index (χ2n) is 1.68. The molecule has 0 aromatic rings. The number of nitriles is 1. The maximum Gasteiger partial charge on any atom is 0.343 e. The summed E-state index contributed by atoms with van der Waals surface area (Å²) in [6, 6.07) is 1.76. The highest BCUT2D eigenvalue weighted by molar-refractivity contribution is 6.38. The van der Waals surface area contributed by atoms with Gasteiger partial charge in [0.15, 0.2) is 0 Å². The zero-order valence-electron chi connectivity index (χ0n) is 5.26. The highest BCUT2D eigenvalue weighted by Crippen LogP contribution is 2.15. The van der Waals surface area contributed by atoms with Gasteiger partial charge in [-0.25, -0.2) is 4.79 Å². The first-order chi connectivity index (χ1) is 5.13. The molecule has 0 fully saturated rings. The van der Waals surface area contributed by atoms with E-state index in [0.717, 1.165) is 0 Å². The molecule has 0 heterocycles. The van der Waals surface area contributed by atoms with Crippen molar-refractivity contribution < 1.29 is 9.08 Å². The first kappa shape index (κ1) is 10.8. The Bertz CT molecular complexity index is 179. The summed E-state index contributed by atoms with van der Waals surface area (Å²) in [5, 5.41) is 6.32. The summed E-state index contributed by atoms with van der Waals surface area (Å²) in [6.07, 6.45) is -0.0261. The molecule has 0 aromatic heterocycles. The highest BCUT2D eigenvalue weighted by Gasteiger charge is 2.25. The topological polar surface area (TPSA) is 50.1 Å². The van der Waals surface area contributed by atoms with E-state index < -0.39 is 16.7 Å².